The highest BCUT2D eigenvalue weighted by molar-refractivity contribution is 8.13. The molecular formula is C9H21O9PS2. The van der Waals surface area contributed by atoms with E-state index in [0.29, 0.717) is 0 Å². The van der Waals surface area contributed by atoms with Gasteiger partial charge in [-0.15, -0.1) is 0 Å². The van der Waals surface area contributed by atoms with Crippen LogP contribution in [0.15, 0.2) is 0 Å². The van der Waals surface area contributed by atoms with Crippen molar-refractivity contribution < 1.29 is 38.8 Å². The van der Waals surface area contributed by atoms with Crippen LogP contribution in [0.3, 0.4) is 0 Å². The summed E-state index contributed by atoms with van der Waals surface area (Å²) in [4.78, 5) is 0. The fraction of sp³-hybridized carbons (Fsp3) is 1.00. The van der Waals surface area contributed by atoms with E-state index in [1.807, 2.05) is 0 Å². The summed E-state index contributed by atoms with van der Waals surface area (Å²) in [5.74, 6) is 0. The normalized spacial score (nSPS) is 13.8. The highest BCUT2D eigenvalue weighted by atomic mass is 32.3. The van der Waals surface area contributed by atoms with Crippen LogP contribution < -0.4 is 0 Å². The van der Waals surface area contributed by atoms with Crippen molar-refractivity contribution in [2.24, 2.45) is 0 Å². The Morgan fingerprint density at radius 2 is 1.10 bits per heavy atom. The maximum absolute atomic E-state index is 12.6. The van der Waals surface area contributed by atoms with Gasteiger partial charge in [-0.25, -0.2) is 0 Å². The third-order valence-corrected chi connectivity index (χ3v) is 10.3. The minimum absolute atomic E-state index is 0.211. The second-order valence-corrected chi connectivity index (χ2v) is 9.98. The van der Waals surface area contributed by atoms with Crippen LogP contribution in [0.25, 0.3) is 0 Å². The number of hydrogen-bond donors (Lipinski definition) is 0. The van der Waals surface area contributed by atoms with Crippen molar-refractivity contribution in [1.82, 2.24) is 0 Å². The lowest BCUT2D eigenvalue weighted by atomic mass is 10.9. The fourth-order valence-corrected chi connectivity index (χ4v) is 8.47. The first-order valence-corrected chi connectivity index (χ1v) is 10.8. The quantitative estimate of drug-likeness (QED) is 0.392. The molecule has 0 aromatic carbocycles. The van der Waals surface area contributed by atoms with Gasteiger partial charge in [-0.05, 0) is 27.7 Å². The zero-order valence-electron chi connectivity index (χ0n) is 12.3. The van der Waals surface area contributed by atoms with Crippen LogP contribution in [-0.2, 0) is 42.2 Å². The number of hydrogen-bond acceptors (Lipinski definition) is 9. The van der Waals surface area contributed by atoms with Gasteiger partial charge >= 0.3 is 11.9 Å². The molecule has 0 aliphatic heterocycles. The lowest BCUT2D eigenvalue weighted by Crippen LogP contribution is -2.34. The lowest BCUT2D eigenvalue weighted by molar-refractivity contribution is 0.218. The fourth-order valence-electron chi connectivity index (χ4n) is 1.42. The van der Waals surface area contributed by atoms with Gasteiger partial charge in [-0.2, -0.15) is 16.8 Å². The number of rotatable bonds is 11. The zero-order valence-corrected chi connectivity index (χ0v) is 14.9. The monoisotopic (exact) mass is 368 g/mol. The van der Waals surface area contributed by atoms with Gasteiger partial charge in [0.1, 0.15) is 0 Å². The third-order valence-electron chi connectivity index (χ3n) is 1.93. The molecule has 0 fully saturated rings. The predicted molar refractivity (Wildman–Crippen MR) is 75.7 cm³/mol. The molecule has 0 unspecified atom stereocenters. The van der Waals surface area contributed by atoms with Gasteiger partial charge in [0.25, 0.3) is 20.2 Å². The maximum atomic E-state index is 12.6. The van der Waals surface area contributed by atoms with E-state index >= 15 is 0 Å². The van der Waals surface area contributed by atoms with E-state index in [-0.39, 0.29) is 26.4 Å². The SMILES string of the molecule is CCOP(=O)(OCC)C(S(=O)(=O)OCC)S(=O)(=O)OCC. The van der Waals surface area contributed by atoms with Crippen LogP contribution in [0.2, 0.25) is 0 Å². The molecule has 9 nitrogen and oxygen atoms in total. The summed E-state index contributed by atoms with van der Waals surface area (Å²) in [5.41, 5.74) is 0. The molecule has 0 amide bonds. The highest BCUT2D eigenvalue weighted by Crippen LogP contribution is 2.57. The van der Waals surface area contributed by atoms with Gasteiger partial charge in [-0.1, -0.05) is 0 Å². The van der Waals surface area contributed by atoms with Crippen LogP contribution >= 0.6 is 7.60 Å². The van der Waals surface area contributed by atoms with Gasteiger partial charge in [0.05, 0.1) is 26.4 Å². The Labute approximate surface area is 125 Å². The van der Waals surface area contributed by atoms with Gasteiger partial charge < -0.3 is 9.05 Å². The second kappa shape index (κ2) is 8.56. The molecule has 0 N–H and O–H groups in total. The first kappa shape index (κ1) is 21.0. The van der Waals surface area contributed by atoms with E-state index in [1.165, 1.54) is 27.7 Å². The zero-order chi connectivity index (χ0) is 16.7. The van der Waals surface area contributed by atoms with Crippen molar-refractivity contribution >= 4 is 27.8 Å². The van der Waals surface area contributed by atoms with E-state index in [4.69, 9.17) is 9.05 Å². The second-order valence-electron chi connectivity index (χ2n) is 3.48. The Balaban J connectivity index is 6.10. The minimum Gasteiger partial charge on any atom is -0.307 e. The molecule has 0 heterocycles. The van der Waals surface area contributed by atoms with E-state index in [2.05, 4.69) is 8.37 Å². The lowest BCUT2D eigenvalue weighted by Gasteiger charge is -2.24. The molecule has 128 valence electrons. The van der Waals surface area contributed by atoms with Gasteiger partial charge in [0.2, 0.25) is 0 Å². The van der Waals surface area contributed by atoms with Crippen LogP contribution in [0.4, 0.5) is 0 Å². The molecule has 0 aromatic rings. The Morgan fingerprint density at radius 1 is 0.762 bits per heavy atom. The first-order valence-electron chi connectivity index (χ1n) is 6.26. The molecule has 0 aliphatic rings. The first-order chi connectivity index (χ1) is 9.61. The molecule has 21 heavy (non-hydrogen) atoms. The summed E-state index contributed by atoms with van der Waals surface area (Å²) < 4.78 is 76.7. The van der Waals surface area contributed by atoms with Crippen molar-refractivity contribution in [3.63, 3.8) is 0 Å². The summed E-state index contributed by atoms with van der Waals surface area (Å²) in [7, 11) is -14.1. The van der Waals surface area contributed by atoms with Crippen molar-refractivity contribution in [2.45, 2.75) is 32.0 Å². The van der Waals surface area contributed by atoms with Crippen molar-refractivity contribution in [2.75, 3.05) is 26.4 Å². The Hall–Kier alpha value is -0.0300. The molecule has 0 aliphatic carbocycles. The van der Waals surface area contributed by atoms with Crippen molar-refractivity contribution in [1.29, 1.82) is 0 Å². The summed E-state index contributed by atoms with van der Waals surface area (Å²) in [6, 6.07) is 0. The molecule has 12 heteroatoms. The van der Waals surface area contributed by atoms with Crippen LogP contribution in [0, 0.1) is 0 Å². The maximum Gasteiger partial charge on any atom is 0.369 e. The van der Waals surface area contributed by atoms with Gasteiger partial charge in [0, 0.05) is 0 Å². The van der Waals surface area contributed by atoms with Gasteiger partial charge in [-0.3, -0.25) is 12.9 Å². The van der Waals surface area contributed by atoms with Crippen molar-refractivity contribution in [3.8, 4) is 0 Å². The topological polar surface area (TPSA) is 122 Å². The Morgan fingerprint density at radius 3 is 1.33 bits per heavy atom. The standard InChI is InChI=1S/C9H21O9PS2/c1-5-15-19(10,16-6-2)9(20(11,12)17-7-3)21(13,14)18-8-4/h9H,5-8H2,1-4H3. The minimum atomic E-state index is -4.78. The van der Waals surface area contributed by atoms with E-state index in [0.717, 1.165) is 0 Å². The molecule has 0 saturated heterocycles. The molecule has 0 aromatic heterocycles. The Kier molecular flexibility index (Phi) is 8.55. The van der Waals surface area contributed by atoms with E-state index in [9.17, 15) is 21.4 Å². The summed E-state index contributed by atoms with van der Waals surface area (Å²) in [6.45, 7) is 4.43. The molecule has 0 rings (SSSR count). The molecule has 0 bridgehead atoms. The van der Waals surface area contributed by atoms with Gasteiger partial charge in [0.15, 0.2) is 0 Å². The molecule has 0 radical (unpaired) electrons. The molecule has 0 atom stereocenters. The molecular weight excluding hydrogens is 347 g/mol. The average Bonchev–Trinajstić information content (AvgIpc) is 2.27. The summed E-state index contributed by atoms with van der Waals surface area (Å²) >= 11 is 0. The summed E-state index contributed by atoms with van der Waals surface area (Å²) in [5, 5.41) is 0. The van der Waals surface area contributed by atoms with Crippen LogP contribution in [-0.4, -0.2) is 47.6 Å². The summed E-state index contributed by atoms with van der Waals surface area (Å²) in [6.07, 6.45) is 0. The molecule has 0 spiro atoms. The third kappa shape index (κ3) is 5.59. The predicted octanol–water partition coefficient (Wildman–Crippen LogP) is 1.27. The molecule has 0 saturated carbocycles. The van der Waals surface area contributed by atoms with Crippen molar-refractivity contribution in [3.05, 3.63) is 0 Å². The highest BCUT2D eigenvalue weighted by Gasteiger charge is 2.56. The van der Waals surface area contributed by atoms with Crippen LogP contribution in [0.1, 0.15) is 27.7 Å². The largest absolute Gasteiger partial charge is 0.369 e. The van der Waals surface area contributed by atoms with Crippen LogP contribution in [0.5, 0.6) is 0 Å². The average molecular weight is 368 g/mol. The van der Waals surface area contributed by atoms with E-state index < -0.39 is 32.2 Å². The smallest absolute Gasteiger partial charge is 0.307 e. The Bertz CT molecular complexity index is 508. The van der Waals surface area contributed by atoms with E-state index in [1.54, 1.807) is 0 Å².